The van der Waals surface area contributed by atoms with Gasteiger partial charge in [-0.15, -0.1) is 0 Å². The van der Waals surface area contributed by atoms with Crippen molar-refractivity contribution in [3.63, 3.8) is 0 Å². The van der Waals surface area contributed by atoms with Crippen molar-refractivity contribution < 1.29 is 13.9 Å². The van der Waals surface area contributed by atoms with Gasteiger partial charge >= 0.3 is 0 Å². The maximum absolute atomic E-state index is 12.0. The Morgan fingerprint density at radius 3 is 2.73 bits per heavy atom. The van der Waals surface area contributed by atoms with Crippen molar-refractivity contribution in [3.8, 4) is 0 Å². The Labute approximate surface area is 87.2 Å². The zero-order valence-corrected chi connectivity index (χ0v) is 8.40. The van der Waals surface area contributed by atoms with E-state index in [1.807, 2.05) is 6.07 Å². The lowest BCUT2D eigenvalue weighted by atomic mass is 10.2. The second-order valence-corrected chi connectivity index (χ2v) is 3.29. The van der Waals surface area contributed by atoms with Gasteiger partial charge in [0.05, 0.1) is 5.69 Å². The summed E-state index contributed by atoms with van der Waals surface area (Å²) < 4.78 is 24.0. The quantitative estimate of drug-likeness (QED) is 0.781. The fourth-order valence-electron chi connectivity index (χ4n) is 1.12. The number of alkyl halides is 2. The molecule has 0 bridgehead atoms. The van der Waals surface area contributed by atoms with E-state index >= 15 is 0 Å². The van der Waals surface area contributed by atoms with Crippen molar-refractivity contribution in [2.45, 2.75) is 25.5 Å². The number of pyridine rings is 1. The lowest BCUT2D eigenvalue weighted by Crippen LogP contribution is -2.33. The Balaban J connectivity index is 2.40. The SMILES string of the molecule is CC(NCC(O)C(F)F)c1ccccn1. The molecule has 0 amide bonds. The molecule has 0 saturated carbocycles. The van der Waals surface area contributed by atoms with Gasteiger partial charge in [-0.25, -0.2) is 8.78 Å². The Bertz CT molecular complexity index is 282. The summed E-state index contributed by atoms with van der Waals surface area (Å²) in [7, 11) is 0. The predicted molar refractivity (Wildman–Crippen MR) is 52.7 cm³/mol. The van der Waals surface area contributed by atoms with E-state index in [9.17, 15) is 8.78 Å². The van der Waals surface area contributed by atoms with Gasteiger partial charge in [0.15, 0.2) is 0 Å². The summed E-state index contributed by atoms with van der Waals surface area (Å²) in [5, 5.41) is 11.7. The van der Waals surface area contributed by atoms with Crippen LogP contribution in [-0.2, 0) is 0 Å². The summed E-state index contributed by atoms with van der Waals surface area (Å²) in [4.78, 5) is 4.07. The lowest BCUT2D eigenvalue weighted by molar-refractivity contribution is -0.00444. The fourth-order valence-corrected chi connectivity index (χ4v) is 1.12. The van der Waals surface area contributed by atoms with E-state index in [1.54, 1.807) is 25.3 Å². The highest BCUT2D eigenvalue weighted by Gasteiger charge is 2.17. The summed E-state index contributed by atoms with van der Waals surface area (Å²) >= 11 is 0. The Morgan fingerprint density at radius 2 is 2.20 bits per heavy atom. The predicted octanol–water partition coefficient (Wildman–Crippen LogP) is 1.36. The van der Waals surface area contributed by atoms with Crippen LogP contribution in [0.5, 0.6) is 0 Å². The summed E-state index contributed by atoms with van der Waals surface area (Å²) in [6, 6.07) is 5.25. The van der Waals surface area contributed by atoms with Crippen LogP contribution < -0.4 is 5.32 Å². The minimum atomic E-state index is -2.71. The first-order valence-corrected chi connectivity index (χ1v) is 4.71. The van der Waals surface area contributed by atoms with Gasteiger partial charge < -0.3 is 10.4 Å². The second-order valence-electron chi connectivity index (χ2n) is 3.29. The molecule has 0 aliphatic rings. The molecule has 0 aliphatic heterocycles. The van der Waals surface area contributed by atoms with Crippen LogP contribution in [0.1, 0.15) is 18.7 Å². The molecule has 15 heavy (non-hydrogen) atoms. The van der Waals surface area contributed by atoms with Gasteiger partial charge in [-0.3, -0.25) is 4.98 Å². The Morgan fingerprint density at radius 1 is 1.47 bits per heavy atom. The number of rotatable bonds is 5. The topological polar surface area (TPSA) is 45.1 Å². The first-order valence-electron chi connectivity index (χ1n) is 4.71. The molecule has 0 saturated heterocycles. The van der Waals surface area contributed by atoms with E-state index < -0.39 is 12.5 Å². The molecule has 5 heteroatoms. The molecule has 1 rings (SSSR count). The molecule has 0 aliphatic carbocycles. The number of aliphatic hydroxyl groups excluding tert-OH is 1. The van der Waals surface area contributed by atoms with Crippen LogP contribution in [0, 0.1) is 0 Å². The Hall–Kier alpha value is -1.07. The highest BCUT2D eigenvalue weighted by Crippen LogP contribution is 2.08. The minimum Gasteiger partial charge on any atom is -0.386 e. The number of halogens is 2. The number of hydrogen-bond donors (Lipinski definition) is 2. The standard InChI is InChI=1S/C10H14F2N2O/c1-7(8-4-2-3-5-13-8)14-6-9(15)10(11)12/h2-5,7,9-10,14-15H,6H2,1H3. The van der Waals surface area contributed by atoms with Gasteiger partial charge in [0.2, 0.25) is 0 Å². The van der Waals surface area contributed by atoms with Crippen molar-refractivity contribution in [1.82, 2.24) is 10.3 Å². The molecular weight excluding hydrogens is 202 g/mol. The van der Waals surface area contributed by atoms with Crippen molar-refractivity contribution in [3.05, 3.63) is 30.1 Å². The molecule has 0 aromatic carbocycles. The zero-order valence-electron chi connectivity index (χ0n) is 8.40. The van der Waals surface area contributed by atoms with E-state index in [2.05, 4.69) is 10.3 Å². The van der Waals surface area contributed by atoms with Gasteiger partial charge in [0.1, 0.15) is 6.10 Å². The van der Waals surface area contributed by atoms with Gasteiger partial charge in [-0.05, 0) is 19.1 Å². The third-order valence-electron chi connectivity index (χ3n) is 2.06. The number of aliphatic hydroxyl groups is 1. The lowest BCUT2D eigenvalue weighted by Gasteiger charge is -2.16. The number of hydrogen-bond acceptors (Lipinski definition) is 3. The van der Waals surface area contributed by atoms with Crippen LogP contribution in [0.3, 0.4) is 0 Å². The highest BCUT2D eigenvalue weighted by atomic mass is 19.3. The molecule has 0 fully saturated rings. The fraction of sp³-hybridized carbons (Fsp3) is 0.500. The van der Waals surface area contributed by atoms with Crippen molar-refractivity contribution in [2.75, 3.05) is 6.54 Å². The van der Waals surface area contributed by atoms with E-state index in [0.29, 0.717) is 0 Å². The van der Waals surface area contributed by atoms with E-state index in [4.69, 9.17) is 5.11 Å². The zero-order chi connectivity index (χ0) is 11.3. The molecular formula is C10H14F2N2O. The molecule has 2 unspecified atom stereocenters. The van der Waals surface area contributed by atoms with E-state index in [0.717, 1.165) is 5.69 Å². The molecule has 0 radical (unpaired) electrons. The maximum Gasteiger partial charge on any atom is 0.265 e. The van der Waals surface area contributed by atoms with Crippen LogP contribution in [0.2, 0.25) is 0 Å². The van der Waals surface area contributed by atoms with Gasteiger partial charge in [0.25, 0.3) is 6.43 Å². The smallest absolute Gasteiger partial charge is 0.265 e. The Kier molecular flexibility index (Phi) is 4.58. The summed E-state index contributed by atoms with van der Waals surface area (Å²) in [6.45, 7) is 1.66. The number of aromatic nitrogens is 1. The third-order valence-corrected chi connectivity index (χ3v) is 2.06. The molecule has 1 aromatic rings. The molecule has 84 valence electrons. The van der Waals surface area contributed by atoms with Crippen molar-refractivity contribution >= 4 is 0 Å². The average molecular weight is 216 g/mol. The minimum absolute atomic E-state index is 0.143. The van der Waals surface area contributed by atoms with Crippen LogP contribution in [0.15, 0.2) is 24.4 Å². The van der Waals surface area contributed by atoms with Crippen LogP contribution in [0.25, 0.3) is 0 Å². The molecule has 1 aromatic heterocycles. The van der Waals surface area contributed by atoms with Crippen molar-refractivity contribution in [2.24, 2.45) is 0 Å². The van der Waals surface area contributed by atoms with Gasteiger partial charge in [-0.1, -0.05) is 6.07 Å². The third kappa shape index (κ3) is 3.89. The van der Waals surface area contributed by atoms with Gasteiger partial charge in [-0.2, -0.15) is 0 Å². The first kappa shape index (κ1) is 12.0. The number of nitrogens with zero attached hydrogens (tertiary/aromatic N) is 1. The summed E-state index contributed by atoms with van der Waals surface area (Å²) in [5.74, 6) is 0. The summed E-state index contributed by atoms with van der Waals surface area (Å²) in [6.07, 6.45) is -2.71. The maximum atomic E-state index is 12.0. The molecule has 1 heterocycles. The van der Waals surface area contributed by atoms with Crippen molar-refractivity contribution in [1.29, 1.82) is 0 Å². The normalized spacial score (nSPS) is 15.3. The van der Waals surface area contributed by atoms with E-state index in [1.165, 1.54) is 0 Å². The molecule has 2 N–H and O–H groups in total. The largest absolute Gasteiger partial charge is 0.386 e. The first-order chi connectivity index (χ1) is 7.11. The molecule has 3 nitrogen and oxygen atoms in total. The van der Waals surface area contributed by atoms with Gasteiger partial charge in [0, 0.05) is 18.8 Å². The summed E-state index contributed by atoms with van der Waals surface area (Å²) in [5.41, 5.74) is 0.763. The van der Waals surface area contributed by atoms with Crippen LogP contribution in [-0.4, -0.2) is 29.2 Å². The molecule has 0 spiro atoms. The van der Waals surface area contributed by atoms with E-state index in [-0.39, 0.29) is 12.6 Å². The molecule has 2 atom stereocenters. The number of nitrogens with one attached hydrogen (secondary N) is 1. The highest BCUT2D eigenvalue weighted by molar-refractivity contribution is 5.07. The second kappa shape index (κ2) is 5.72. The van der Waals surface area contributed by atoms with Crippen LogP contribution >= 0.6 is 0 Å². The monoisotopic (exact) mass is 216 g/mol. The average Bonchev–Trinajstić information content (AvgIpc) is 2.26. The van der Waals surface area contributed by atoms with Crippen LogP contribution in [0.4, 0.5) is 8.78 Å².